The normalized spacial score (nSPS) is 12.0. The van der Waals surface area contributed by atoms with E-state index in [-0.39, 0.29) is 0 Å². The summed E-state index contributed by atoms with van der Waals surface area (Å²) in [6, 6.07) is 0. The summed E-state index contributed by atoms with van der Waals surface area (Å²) in [4.78, 5) is 2.13. The number of unbranched alkanes of at least 4 members (excludes halogenated alkanes) is 3. The highest BCUT2D eigenvalue weighted by Crippen LogP contribution is 2.04. The zero-order valence-electron chi connectivity index (χ0n) is 25.8. The minimum atomic E-state index is -1.21. The molecular formula is C18H63N23. The van der Waals surface area contributed by atoms with Crippen molar-refractivity contribution in [3.8, 4) is 0 Å². The monoisotopic (exact) mass is 602 g/mol. The molecule has 0 aromatic heterocycles. The Morgan fingerprint density at radius 3 is 1.68 bits per heavy atom. The average Bonchev–Trinajstić information content (AvgIpc) is 2.89. The molecule has 23 nitrogen and oxygen atoms in total. The van der Waals surface area contributed by atoms with Crippen LogP contribution in [-0.4, -0.2) is 81.9 Å². The molecule has 0 aromatic carbocycles. The summed E-state index contributed by atoms with van der Waals surface area (Å²) in [6.07, 6.45) is 1.30. The predicted molar refractivity (Wildman–Crippen MR) is 161 cm³/mol. The van der Waals surface area contributed by atoms with Crippen LogP contribution in [0.2, 0.25) is 0 Å². The zero-order valence-corrected chi connectivity index (χ0v) is 25.8. The molecule has 41 heavy (non-hydrogen) atoms. The highest BCUT2D eigenvalue weighted by atomic mass is 16.2. The van der Waals surface area contributed by atoms with Crippen molar-refractivity contribution in [2.75, 3.05) is 27.2 Å². The Balaban J connectivity index is -0.00000123. The summed E-state index contributed by atoms with van der Waals surface area (Å²) in [5.41, 5.74) is 50.9. The standard InChI is InChI=1S/C9H42N22.C7H15N.C2H6/c1-2-3-4-5-6-26(24-28(8(12)13)29(9(14)15)30(18)19)31(23-21-17)25-27(7(10)11)22-20-16;1-5-7(2)6-8(3)4;1-2/h7-9,20-25H,2-6,10-19H2,1H3;2,5-6H2,1,3-4H3;1-2H3. The second kappa shape index (κ2) is 27.6. The van der Waals surface area contributed by atoms with Crippen LogP contribution in [0, 0.1) is 0 Å². The third-order valence-electron chi connectivity index (χ3n) is 4.59. The van der Waals surface area contributed by atoms with Crippen LogP contribution < -0.4 is 91.0 Å². The molecule has 23 heteroatoms. The highest BCUT2D eigenvalue weighted by molar-refractivity contribution is 4.94. The maximum absolute atomic E-state index is 5.84. The SMILES string of the molecule is C=C(CC)CN(C)C.CC.CCCCCCN(NN(C(N)N)N(C(N)N)N(N)N)N(NNN)NN(NNN)C(N)N. The minimum absolute atomic E-state index is 0.359. The van der Waals surface area contributed by atoms with Gasteiger partial charge in [0.2, 0.25) is 0 Å². The van der Waals surface area contributed by atoms with Crippen molar-refractivity contribution < 1.29 is 0 Å². The number of hydrazine groups is 15. The fraction of sp³-hybridized carbons (Fsp3) is 0.889. The second-order valence-electron chi connectivity index (χ2n) is 8.44. The fourth-order valence-corrected chi connectivity index (χ4v) is 2.76. The van der Waals surface area contributed by atoms with E-state index in [2.05, 4.69) is 72.6 Å². The highest BCUT2D eigenvalue weighted by Gasteiger charge is 2.30. The van der Waals surface area contributed by atoms with Gasteiger partial charge in [-0.25, -0.2) is 11.7 Å². The van der Waals surface area contributed by atoms with Crippen LogP contribution >= 0.6 is 0 Å². The van der Waals surface area contributed by atoms with E-state index in [1.165, 1.54) is 15.9 Å². The van der Waals surface area contributed by atoms with Gasteiger partial charge in [-0.1, -0.05) is 74.7 Å². The van der Waals surface area contributed by atoms with E-state index >= 15 is 0 Å². The number of hydrogen-bond donors (Lipinski definition) is 16. The Labute approximate surface area is 245 Å². The zero-order chi connectivity index (χ0) is 32.5. The van der Waals surface area contributed by atoms with E-state index < -0.39 is 18.9 Å². The smallest absolute Gasteiger partial charge is 0.141 e. The van der Waals surface area contributed by atoms with Crippen LogP contribution in [0.4, 0.5) is 0 Å². The first-order valence-electron chi connectivity index (χ1n) is 13.3. The molecule has 0 atom stereocenters. The van der Waals surface area contributed by atoms with Crippen LogP contribution in [0.25, 0.3) is 0 Å². The van der Waals surface area contributed by atoms with Crippen LogP contribution in [0.15, 0.2) is 12.2 Å². The van der Waals surface area contributed by atoms with Gasteiger partial charge in [-0.15, -0.1) is 26.4 Å². The summed E-state index contributed by atoms with van der Waals surface area (Å²) in [5, 5.41) is 6.34. The first kappa shape index (κ1) is 44.3. The average molecular weight is 602 g/mol. The van der Waals surface area contributed by atoms with Gasteiger partial charge in [-0.05, 0) is 26.9 Å². The summed E-state index contributed by atoms with van der Waals surface area (Å²) in [5.74, 6) is 21.9. The van der Waals surface area contributed by atoms with Gasteiger partial charge in [-0.2, -0.15) is 22.1 Å². The topological polar surface area (TPSA) is 355 Å². The van der Waals surface area contributed by atoms with E-state index in [1.807, 2.05) is 13.8 Å². The summed E-state index contributed by atoms with van der Waals surface area (Å²) < 4.78 is 0. The molecule has 0 radical (unpaired) electrons. The van der Waals surface area contributed by atoms with Gasteiger partial charge < -0.3 is 39.3 Å². The fourth-order valence-electron chi connectivity index (χ4n) is 2.76. The molecule has 0 rings (SSSR count). The lowest BCUT2D eigenvalue weighted by molar-refractivity contribution is -0.326. The molecule has 0 aliphatic carbocycles. The van der Waals surface area contributed by atoms with Gasteiger partial charge in [0, 0.05) is 13.1 Å². The summed E-state index contributed by atoms with van der Waals surface area (Å²) in [6.45, 7) is 13.5. The molecule has 0 amide bonds. The predicted octanol–water partition coefficient (Wildman–Crippen LogP) is -6.38. The summed E-state index contributed by atoms with van der Waals surface area (Å²) >= 11 is 0. The largest absolute Gasteiger partial charge is 0.305 e. The molecule has 26 N–H and O–H groups in total. The van der Waals surface area contributed by atoms with E-state index in [4.69, 9.17) is 57.8 Å². The molecule has 0 aliphatic rings. The molecule has 0 saturated heterocycles. The van der Waals surface area contributed by atoms with Gasteiger partial charge in [0.25, 0.3) is 0 Å². The van der Waals surface area contributed by atoms with Crippen molar-refractivity contribution in [3.05, 3.63) is 12.2 Å². The number of nitrogens with two attached hydrogens (primary N) is 10. The molecule has 0 bridgehead atoms. The van der Waals surface area contributed by atoms with Crippen LogP contribution in [0.1, 0.15) is 59.8 Å². The Morgan fingerprint density at radius 1 is 0.780 bits per heavy atom. The lowest BCUT2D eigenvalue weighted by atomic mass is 10.2. The van der Waals surface area contributed by atoms with E-state index in [0.29, 0.717) is 11.8 Å². The third kappa shape index (κ3) is 22.1. The second-order valence-corrected chi connectivity index (χ2v) is 8.44. The Bertz CT molecular complexity index is 569. The van der Waals surface area contributed by atoms with Crippen molar-refractivity contribution in [1.82, 2.24) is 69.0 Å². The summed E-state index contributed by atoms with van der Waals surface area (Å²) in [7, 11) is 4.11. The van der Waals surface area contributed by atoms with Crippen molar-refractivity contribution in [3.63, 3.8) is 0 Å². The van der Waals surface area contributed by atoms with Crippen LogP contribution in [0.3, 0.4) is 0 Å². The molecule has 250 valence electrons. The number of likely N-dealkylation sites (N-methyl/N-ethyl adjacent to an activating group) is 1. The number of nitrogens with zero attached hydrogens (tertiary/aromatic N) is 7. The number of nitrogens with one attached hydrogen (secondary N) is 6. The molecule has 0 heterocycles. The van der Waals surface area contributed by atoms with E-state index in [1.54, 1.807) is 0 Å². The van der Waals surface area contributed by atoms with Gasteiger partial charge in [0.05, 0.1) is 0 Å². The maximum atomic E-state index is 5.84. The lowest BCUT2D eigenvalue weighted by Gasteiger charge is -2.45. The molecular weight excluding hydrogens is 538 g/mol. The lowest BCUT2D eigenvalue weighted by Crippen LogP contribution is -2.81. The van der Waals surface area contributed by atoms with E-state index in [9.17, 15) is 0 Å². The molecule has 0 saturated carbocycles. The van der Waals surface area contributed by atoms with Crippen molar-refractivity contribution in [1.29, 1.82) is 0 Å². The van der Waals surface area contributed by atoms with Gasteiger partial charge in [0.1, 0.15) is 18.9 Å². The van der Waals surface area contributed by atoms with Gasteiger partial charge in [-0.3, -0.25) is 11.7 Å². The first-order chi connectivity index (χ1) is 19.3. The molecule has 0 unspecified atom stereocenters. The number of hydrogen-bond acceptors (Lipinski definition) is 23. The maximum Gasteiger partial charge on any atom is 0.141 e. The van der Waals surface area contributed by atoms with Crippen molar-refractivity contribution >= 4 is 0 Å². The van der Waals surface area contributed by atoms with Gasteiger partial charge in [0.15, 0.2) is 0 Å². The molecule has 0 fully saturated rings. The molecule has 0 aliphatic heterocycles. The number of rotatable bonds is 22. The molecule has 0 aromatic rings. The minimum Gasteiger partial charge on any atom is -0.305 e. The Morgan fingerprint density at radius 2 is 1.34 bits per heavy atom. The Hall–Kier alpha value is -1.18. The van der Waals surface area contributed by atoms with Gasteiger partial charge >= 0.3 is 0 Å². The van der Waals surface area contributed by atoms with E-state index in [0.717, 1.165) is 54.0 Å². The quantitative estimate of drug-likeness (QED) is 0.0180. The first-order valence-corrected chi connectivity index (χ1v) is 13.3. The molecule has 0 spiro atoms. The van der Waals surface area contributed by atoms with Crippen molar-refractivity contribution in [2.45, 2.75) is 78.7 Å². The third-order valence-corrected chi connectivity index (χ3v) is 4.59. The van der Waals surface area contributed by atoms with Crippen molar-refractivity contribution in [2.24, 2.45) is 57.8 Å². The van der Waals surface area contributed by atoms with Crippen LogP contribution in [-0.2, 0) is 0 Å². The Kier molecular flexibility index (Phi) is 29.8. The van der Waals surface area contributed by atoms with Crippen LogP contribution in [0.5, 0.6) is 0 Å².